The molecule has 0 aromatic carbocycles. The molecule has 0 saturated heterocycles. The lowest BCUT2D eigenvalue weighted by Crippen LogP contribution is -1.90. The molecular weight excluding hydrogens is 423 g/mol. The zero-order valence-electron chi connectivity index (χ0n) is 4.39. The minimum absolute atomic E-state index is 0.440. The van der Waals surface area contributed by atoms with Crippen molar-refractivity contribution in [1.29, 1.82) is 0 Å². The summed E-state index contributed by atoms with van der Waals surface area (Å²) >= 11 is 11.9. The van der Waals surface area contributed by atoms with Crippen LogP contribution in [0.25, 0.3) is 0 Å². The Morgan fingerprint density at radius 1 is 1.00 bits per heavy atom. The maximum atomic E-state index is 10.7. The topological polar surface area (TPSA) is 35.5 Å². The Morgan fingerprint density at radius 3 is 1.50 bits per heavy atom. The Morgan fingerprint density at radius 2 is 1.30 bits per heavy atom. The molecule has 0 rings (SSSR count). The van der Waals surface area contributed by atoms with E-state index in [1.54, 1.807) is 0 Å². The summed E-state index contributed by atoms with van der Waals surface area (Å²) < 4.78 is 19.1. The van der Waals surface area contributed by atoms with Gasteiger partial charge in [-0.25, -0.2) is 0 Å². The molecule has 0 aliphatic rings. The van der Waals surface area contributed by atoms with Crippen LogP contribution in [0.4, 0.5) is 0 Å². The Kier molecular flexibility index (Phi) is 7.93. The monoisotopic (exact) mass is 422 g/mol. The van der Waals surface area contributed by atoms with Crippen molar-refractivity contribution in [3.05, 3.63) is 0 Å². The molecule has 3 nitrogen and oxygen atoms in total. The summed E-state index contributed by atoms with van der Waals surface area (Å²) in [4.78, 5) is 0. The van der Waals surface area contributed by atoms with E-state index in [1.807, 2.05) is 0 Å². The first-order valence-electron chi connectivity index (χ1n) is 1.96. The molecule has 0 aromatic heterocycles. The van der Waals surface area contributed by atoms with Crippen LogP contribution in [0.5, 0.6) is 0 Å². The van der Waals surface area contributed by atoms with Crippen molar-refractivity contribution in [2.45, 2.75) is 7.85 Å². The Balaban J connectivity index is 3.44. The molecule has 10 heavy (non-hydrogen) atoms. The van der Waals surface area contributed by atoms with Gasteiger partial charge < -0.3 is 0 Å². The molecule has 0 heterocycles. The third-order valence-electron chi connectivity index (χ3n) is 0.371. The summed E-state index contributed by atoms with van der Waals surface area (Å²) in [6, 6.07) is 0. The van der Waals surface area contributed by atoms with Crippen molar-refractivity contribution in [2.24, 2.45) is 0 Å². The average Bonchev–Trinajstić information content (AvgIpc) is 1.58. The van der Waals surface area contributed by atoms with Crippen molar-refractivity contribution in [3.8, 4) is 0 Å². The lowest BCUT2D eigenvalue weighted by atomic mass is 11.7. The van der Waals surface area contributed by atoms with E-state index >= 15 is 0 Å². The second kappa shape index (κ2) is 6.57. The molecule has 8 heteroatoms. The molecule has 0 atom stereocenters. The molecule has 0 radical (unpaired) electrons. The minimum atomic E-state index is -2.43. The van der Waals surface area contributed by atoms with E-state index in [0.29, 0.717) is 0 Å². The second-order valence-corrected chi connectivity index (χ2v) is 7.76. The van der Waals surface area contributed by atoms with E-state index < -0.39 is 16.1 Å². The van der Waals surface area contributed by atoms with Gasteiger partial charge in [-0.2, -0.15) is 0 Å². The van der Waals surface area contributed by atoms with E-state index in [1.165, 1.54) is 0 Å². The fourth-order valence-corrected chi connectivity index (χ4v) is 2.35. The van der Waals surface area contributed by atoms with Crippen molar-refractivity contribution in [1.82, 2.24) is 0 Å². The number of alkyl halides is 4. The van der Waals surface area contributed by atoms with Gasteiger partial charge in [0.25, 0.3) is 0 Å². The predicted octanol–water partition coefficient (Wildman–Crippen LogP) is 3.56. The molecule has 0 bridgehead atoms. The van der Waals surface area contributed by atoms with E-state index in [-0.39, 0.29) is 0 Å². The van der Waals surface area contributed by atoms with E-state index in [0.717, 1.165) is 0 Å². The lowest BCUT2D eigenvalue weighted by Gasteiger charge is -2.05. The first kappa shape index (κ1) is 12.1. The van der Waals surface area contributed by atoms with Gasteiger partial charge in [0.15, 0.2) is 7.85 Å². The van der Waals surface area contributed by atoms with Gasteiger partial charge in [-0.15, -0.1) is 0 Å². The lowest BCUT2D eigenvalue weighted by molar-refractivity contribution is 0.271. The van der Waals surface area contributed by atoms with E-state index in [2.05, 4.69) is 72.8 Å². The minimum Gasteiger partial charge on any atom is -0.284 e. The SMILES string of the molecule is O=[PH](OC(Br)Br)OC(Br)Br. The van der Waals surface area contributed by atoms with Gasteiger partial charge in [-0.05, 0) is 63.7 Å². The summed E-state index contributed by atoms with van der Waals surface area (Å²) in [5.74, 6) is 0. The Labute approximate surface area is 92.7 Å². The van der Waals surface area contributed by atoms with Crippen LogP contribution in [0.15, 0.2) is 0 Å². The first-order valence-corrected chi connectivity index (χ1v) is 6.84. The van der Waals surface area contributed by atoms with Gasteiger partial charge in [0.1, 0.15) is 0 Å². The van der Waals surface area contributed by atoms with Crippen LogP contribution in [0.1, 0.15) is 0 Å². The smallest absolute Gasteiger partial charge is 0.284 e. The van der Waals surface area contributed by atoms with Gasteiger partial charge in [-0.3, -0.25) is 13.6 Å². The van der Waals surface area contributed by atoms with Crippen LogP contribution in [0, 0.1) is 0 Å². The quantitative estimate of drug-likeness (QED) is 0.510. The number of rotatable bonds is 4. The predicted molar refractivity (Wildman–Crippen MR) is 54.5 cm³/mol. The van der Waals surface area contributed by atoms with E-state index in [9.17, 15) is 4.57 Å². The van der Waals surface area contributed by atoms with Crippen LogP contribution in [-0.4, -0.2) is 7.85 Å². The molecule has 0 aliphatic carbocycles. The number of hydrogen-bond acceptors (Lipinski definition) is 3. The summed E-state index contributed by atoms with van der Waals surface area (Å²) in [5.41, 5.74) is 0. The van der Waals surface area contributed by atoms with Crippen LogP contribution >= 0.6 is 72.0 Å². The summed E-state index contributed by atoms with van der Waals surface area (Å²) in [6.45, 7) is 0. The zero-order valence-corrected chi connectivity index (χ0v) is 11.7. The zero-order chi connectivity index (χ0) is 8.15. The molecule has 0 unspecified atom stereocenters. The highest BCUT2D eigenvalue weighted by Gasteiger charge is 2.08. The highest BCUT2D eigenvalue weighted by atomic mass is 79.9. The van der Waals surface area contributed by atoms with Crippen LogP contribution in [0.2, 0.25) is 0 Å². The van der Waals surface area contributed by atoms with Gasteiger partial charge in [0.05, 0.1) is 0 Å². The molecule has 62 valence electrons. The summed E-state index contributed by atoms with van der Waals surface area (Å²) in [7, 11) is -2.43. The van der Waals surface area contributed by atoms with Crippen molar-refractivity contribution < 1.29 is 13.6 Å². The molecule has 0 spiro atoms. The molecule has 0 N–H and O–H groups in total. The van der Waals surface area contributed by atoms with Gasteiger partial charge in [0, 0.05) is 0 Å². The highest BCUT2D eigenvalue weighted by molar-refractivity contribution is 9.24. The molecule has 0 amide bonds. The normalized spacial score (nSPS) is 11.9. The van der Waals surface area contributed by atoms with E-state index in [4.69, 9.17) is 0 Å². The average molecular weight is 426 g/mol. The highest BCUT2D eigenvalue weighted by Crippen LogP contribution is 2.34. The fraction of sp³-hybridized carbons (Fsp3) is 1.00. The van der Waals surface area contributed by atoms with Gasteiger partial charge >= 0.3 is 8.25 Å². The fourth-order valence-electron chi connectivity index (χ4n) is 0.173. The molecule has 0 fully saturated rings. The maximum Gasteiger partial charge on any atom is 0.322 e. The number of hydrogen-bond donors (Lipinski definition) is 0. The third-order valence-corrected chi connectivity index (χ3v) is 3.35. The summed E-state index contributed by atoms with van der Waals surface area (Å²) in [5, 5.41) is 0. The third kappa shape index (κ3) is 8.17. The van der Waals surface area contributed by atoms with Gasteiger partial charge in [-0.1, -0.05) is 0 Å². The largest absolute Gasteiger partial charge is 0.322 e. The Hall–Kier alpha value is 2.07. The first-order chi connectivity index (χ1) is 4.52. The second-order valence-electron chi connectivity index (χ2n) is 1.01. The van der Waals surface area contributed by atoms with Crippen molar-refractivity contribution in [3.63, 3.8) is 0 Å². The molecular formula is C2H3Br4O3P. The van der Waals surface area contributed by atoms with Crippen LogP contribution < -0.4 is 0 Å². The van der Waals surface area contributed by atoms with Crippen molar-refractivity contribution in [2.75, 3.05) is 0 Å². The molecule has 0 aliphatic heterocycles. The number of halogens is 4. The van der Waals surface area contributed by atoms with Crippen LogP contribution in [-0.2, 0) is 13.6 Å². The molecule has 0 aromatic rings. The maximum absolute atomic E-state index is 10.7. The van der Waals surface area contributed by atoms with Crippen LogP contribution in [0.3, 0.4) is 0 Å². The molecule has 0 saturated carbocycles. The standard InChI is InChI=1S/C2H3Br4O3P/c3-1(4)8-10(7)9-2(5)6/h1-2,10H. The van der Waals surface area contributed by atoms with Crippen molar-refractivity contribution >= 4 is 72.0 Å². The Bertz CT molecular complexity index is 105. The van der Waals surface area contributed by atoms with Gasteiger partial charge in [0.2, 0.25) is 0 Å². The summed E-state index contributed by atoms with van der Waals surface area (Å²) in [6.07, 6.45) is 0.